The number of rotatable bonds is 4. The van der Waals surface area contributed by atoms with Crippen molar-refractivity contribution >= 4 is 5.91 Å². The Hall–Kier alpha value is -2.63. The average molecular weight is 325 g/mol. The molecule has 1 aromatic heterocycles. The molecule has 1 saturated carbocycles. The molecule has 1 atom stereocenters. The van der Waals surface area contributed by atoms with Crippen LogP contribution in [0.2, 0.25) is 0 Å². The molecule has 1 N–H and O–H groups in total. The minimum atomic E-state index is -0.174. The van der Waals surface area contributed by atoms with Gasteiger partial charge in [0.15, 0.2) is 11.5 Å². The fourth-order valence-corrected chi connectivity index (χ4v) is 2.95. The minimum absolute atomic E-state index is 0.0383. The third kappa shape index (κ3) is 3.04. The number of hydrogen-bond donors (Lipinski definition) is 1. The molecule has 0 spiro atoms. The van der Waals surface area contributed by atoms with Crippen LogP contribution in [0.1, 0.15) is 40.8 Å². The summed E-state index contributed by atoms with van der Waals surface area (Å²) in [6.07, 6.45) is 3.83. The molecule has 4 rings (SSSR count). The van der Waals surface area contributed by atoms with Gasteiger partial charge in [0.2, 0.25) is 0 Å². The topological polar surface area (TPSA) is 73.3 Å². The van der Waals surface area contributed by atoms with Gasteiger partial charge < -0.3 is 14.8 Å². The summed E-state index contributed by atoms with van der Waals surface area (Å²) in [5.41, 5.74) is 1.44. The van der Waals surface area contributed by atoms with E-state index in [0.29, 0.717) is 30.7 Å². The van der Waals surface area contributed by atoms with E-state index >= 15 is 0 Å². The Kier molecular flexibility index (Phi) is 3.80. The van der Waals surface area contributed by atoms with E-state index in [2.05, 4.69) is 15.3 Å². The lowest BCUT2D eigenvalue weighted by Crippen LogP contribution is -2.30. The summed E-state index contributed by atoms with van der Waals surface area (Å²) in [4.78, 5) is 20.8. The van der Waals surface area contributed by atoms with E-state index in [4.69, 9.17) is 9.47 Å². The largest absolute Gasteiger partial charge is 0.486 e. The number of amides is 1. The maximum Gasteiger partial charge on any atom is 0.270 e. The van der Waals surface area contributed by atoms with Crippen molar-refractivity contribution in [2.45, 2.75) is 25.8 Å². The highest BCUT2D eigenvalue weighted by Crippen LogP contribution is 2.43. The third-order valence-corrected chi connectivity index (χ3v) is 4.31. The van der Waals surface area contributed by atoms with Gasteiger partial charge in [-0.3, -0.25) is 4.79 Å². The van der Waals surface area contributed by atoms with Crippen LogP contribution in [-0.2, 0) is 0 Å². The van der Waals surface area contributed by atoms with Gasteiger partial charge in [-0.1, -0.05) is 6.07 Å². The monoisotopic (exact) mass is 325 g/mol. The molecule has 24 heavy (non-hydrogen) atoms. The minimum Gasteiger partial charge on any atom is -0.486 e. The molecule has 1 aromatic carbocycles. The molecule has 1 amide bonds. The summed E-state index contributed by atoms with van der Waals surface area (Å²) >= 11 is 0. The summed E-state index contributed by atoms with van der Waals surface area (Å²) in [6, 6.07) is 7.49. The first-order valence-corrected chi connectivity index (χ1v) is 8.21. The van der Waals surface area contributed by atoms with Crippen LogP contribution in [0.5, 0.6) is 11.5 Å². The number of carbonyl (C=O) groups is 1. The highest BCUT2D eigenvalue weighted by molar-refractivity contribution is 5.92. The molecule has 2 aliphatic rings. The predicted octanol–water partition coefficient (Wildman–Crippen LogP) is 2.44. The molecule has 0 saturated heterocycles. The Balaban J connectivity index is 1.57. The Morgan fingerprint density at radius 1 is 1.21 bits per heavy atom. The van der Waals surface area contributed by atoms with E-state index in [1.807, 2.05) is 18.2 Å². The van der Waals surface area contributed by atoms with E-state index in [1.54, 1.807) is 19.2 Å². The van der Waals surface area contributed by atoms with Gasteiger partial charge in [-0.25, -0.2) is 9.97 Å². The standard InChI is InChI=1S/C18H19N3O3/c1-11-19-7-6-14(20-11)18(22)21-17(12-2-3-12)13-4-5-15-16(10-13)24-9-8-23-15/h4-7,10,12,17H,2-3,8-9H2,1H3,(H,21,22). The number of aromatic nitrogens is 2. The van der Waals surface area contributed by atoms with Gasteiger partial charge in [0.05, 0.1) is 6.04 Å². The number of hydrogen-bond acceptors (Lipinski definition) is 5. The van der Waals surface area contributed by atoms with Crippen LogP contribution in [0.3, 0.4) is 0 Å². The Morgan fingerprint density at radius 3 is 2.75 bits per heavy atom. The molecule has 2 heterocycles. The molecule has 1 aliphatic carbocycles. The highest BCUT2D eigenvalue weighted by Gasteiger charge is 2.34. The van der Waals surface area contributed by atoms with E-state index in [0.717, 1.165) is 29.9 Å². The Bertz CT molecular complexity index is 774. The number of nitrogens with one attached hydrogen (secondary N) is 1. The van der Waals surface area contributed by atoms with Crippen molar-refractivity contribution in [3.63, 3.8) is 0 Å². The van der Waals surface area contributed by atoms with Crippen molar-refractivity contribution in [2.24, 2.45) is 5.92 Å². The molecular weight excluding hydrogens is 306 g/mol. The number of ether oxygens (including phenoxy) is 2. The molecule has 0 radical (unpaired) electrons. The van der Waals surface area contributed by atoms with Crippen LogP contribution in [0, 0.1) is 12.8 Å². The van der Waals surface area contributed by atoms with Gasteiger partial charge in [-0.05, 0) is 49.4 Å². The molecule has 0 bridgehead atoms. The summed E-state index contributed by atoms with van der Waals surface area (Å²) in [5, 5.41) is 3.12. The molecule has 6 heteroatoms. The quantitative estimate of drug-likeness (QED) is 0.934. The zero-order chi connectivity index (χ0) is 16.5. The summed E-state index contributed by atoms with van der Waals surface area (Å²) in [7, 11) is 0. The maximum absolute atomic E-state index is 12.5. The lowest BCUT2D eigenvalue weighted by molar-refractivity contribution is 0.0926. The van der Waals surface area contributed by atoms with Crippen LogP contribution in [-0.4, -0.2) is 29.1 Å². The first kappa shape index (κ1) is 14.9. The summed E-state index contributed by atoms with van der Waals surface area (Å²) in [5.74, 6) is 2.38. The Labute approximate surface area is 140 Å². The lowest BCUT2D eigenvalue weighted by atomic mass is 10.0. The van der Waals surface area contributed by atoms with Gasteiger partial charge in [-0.15, -0.1) is 0 Å². The molecule has 2 aromatic rings. The number of carbonyl (C=O) groups excluding carboxylic acids is 1. The smallest absolute Gasteiger partial charge is 0.270 e. The number of nitrogens with zero attached hydrogens (tertiary/aromatic N) is 2. The van der Waals surface area contributed by atoms with E-state index < -0.39 is 0 Å². The highest BCUT2D eigenvalue weighted by atomic mass is 16.6. The molecule has 1 aliphatic heterocycles. The van der Waals surface area contributed by atoms with E-state index in [1.165, 1.54) is 0 Å². The zero-order valence-electron chi connectivity index (χ0n) is 13.5. The van der Waals surface area contributed by atoms with Gasteiger partial charge in [0.25, 0.3) is 5.91 Å². The van der Waals surface area contributed by atoms with Gasteiger partial charge in [-0.2, -0.15) is 0 Å². The zero-order valence-corrected chi connectivity index (χ0v) is 13.5. The van der Waals surface area contributed by atoms with Gasteiger partial charge >= 0.3 is 0 Å². The van der Waals surface area contributed by atoms with Crippen LogP contribution in [0.25, 0.3) is 0 Å². The maximum atomic E-state index is 12.5. The predicted molar refractivity (Wildman–Crippen MR) is 87.1 cm³/mol. The fourth-order valence-electron chi connectivity index (χ4n) is 2.95. The van der Waals surface area contributed by atoms with Crippen LogP contribution in [0.15, 0.2) is 30.5 Å². The van der Waals surface area contributed by atoms with Gasteiger partial charge in [0, 0.05) is 6.20 Å². The van der Waals surface area contributed by atoms with Crippen molar-refractivity contribution in [1.29, 1.82) is 0 Å². The van der Waals surface area contributed by atoms with Crippen molar-refractivity contribution in [2.75, 3.05) is 13.2 Å². The molecule has 6 nitrogen and oxygen atoms in total. The summed E-state index contributed by atoms with van der Waals surface area (Å²) < 4.78 is 11.2. The van der Waals surface area contributed by atoms with E-state index in [-0.39, 0.29) is 11.9 Å². The average Bonchev–Trinajstić information content (AvgIpc) is 3.44. The third-order valence-electron chi connectivity index (χ3n) is 4.31. The summed E-state index contributed by atoms with van der Waals surface area (Å²) in [6.45, 7) is 2.90. The fraction of sp³-hybridized carbons (Fsp3) is 0.389. The second kappa shape index (κ2) is 6.11. The van der Waals surface area contributed by atoms with Crippen LogP contribution in [0.4, 0.5) is 0 Å². The van der Waals surface area contributed by atoms with Crippen LogP contribution < -0.4 is 14.8 Å². The first-order chi connectivity index (χ1) is 11.7. The molecule has 1 unspecified atom stereocenters. The molecular formula is C18H19N3O3. The number of benzene rings is 1. The van der Waals surface area contributed by atoms with Crippen molar-refractivity contribution < 1.29 is 14.3 Å². The van der Waals surface area contributed by atoms with Crippen molar-refractivity contribution in [3.05, 3.63) is 47.5 Å². The molecule has 124 valence electrons. The van der Waals surface area contributed by atoms with Crippen LogP contribution >= 0.6 is 0 Å². The number of aryl methyl sites for hydroxylation is 1. The van der Waals surface area contributed by atoms with Gasteiger partial charge in [0.1, 0.15) is 24.7 Å². The molecule has 1 fully saturated rings. The lowest BCUT2D eigenvalue weighted by Gasteiger charge is -2.23. The SMILES string of the molecule is Cc1nccc(C(=O)NC(c2ccc3c(c2)OCCO3)C2CC2)n1. The van der Waals surface area contributed by atoms with Crippen molar-refractivity contribution in [1.82, 2.24) is 15.3 Å². The number of fused-ring (bicyclic) bond motifs is 1. The normalized spacial score (nSPS) is 17.2. The first-order valence-electron chi connectivity index (χ1n) is 8.21. The second-order valence-corrected chi connectivity index (χ2v) is 6.18. The second-order valence-electron chi connectivity index (χ2n) is 6.18. The van der Waals surface area contributed by atoms with Crippen molar-refractivity contribution in [3.8, 4) is 11.5 Å². The Morgan fingerprint density at radius 2 is 2.00 bits per heavy atom. The van der Waals surface area contributed by atoms with E-state index in [9.17, 15) is 4.79 Å².